The van der Waals surface area contributed by atoms with E-state index in [0.717, 1.165) is 57.8 Å². The zero-order chi connectivity index (χ0) is 28.1. The van der Waals surface area contributed by atoms with Crippen LogP contribution in [-0.4, -0.2) is 49.9 Å². The molecule has 40 heavy (non-hydrogen) atoms. The summed E-state index contributed by atoms with van der Waals surface area (Å²) in [6.45, 7) is 8.90. The molecule has 9 nitrogen and oxygen atoms in total. The fraction of sp³-hybridized carbons (Fsp3) is 1.00. The van der Waals surface area contributed by atoms with Gasteiger partial charge in [-0.05, 0) is 110 Å². The minimum absolute atomic E-state index is 0. The second-order valence-electron chi connectivity index (χ2n) is 13.7. The fourth-order valence-corrected chi connectivity index (χ4v) is 10.5. The molecule has 0 aromatic heterocycles. The van der Waals surface area contributed by atoms with Crippen molar-refractivity contribution in [3.05, 3.63) is 0 Å². The summed E-state index contributed by atoms with van der Waals surface area (Å²) in [6, 6.07) is 0. The number of aliphatic hydroxyl groups is 1. The molecule has 0 aromatic carbocycles. The molecule has 4 saturated carbocycles. The molecule has 0 radical (unpaired) electrons. The Morgan fingerprint density at radius 3 is 2.15 bits per heavy atom. The maximum absolute atomic E-state index is 11.3. The van der Waals surface area contributed by atoms with Gasteiger partial charge in [0.05, 0.1) is 12.7 Å². The van der Waals surface area contributed by atoms with Crippen molar-refractivity contribution in [3.8, 4) is 0 Å². The quantitative estimate of drug-likeness (QED) is 0.172. The Bertz CT molecular complexity index is 1060. The van der Waals surface area contributed by atoms with Crippen molar-refractivity contribution in [1.29, 1.82) is 0 Å². The predicted octanol–water partition coefficient (Wildman–Crippen LogP) is -1.61. The van der Waals surface area contributed by atoms with Crippen LogP contribution in [0.25, 0.3) is 0 Å². The first kappa shape index (κ1) is 37.9. The summed E-state index contributed by atoms with van der Waals surface area (Å²) in [5, 5.41) is 10.8. The number of hydrogen-bond donors (Lipinski definition) is 1. The van der Waals surface area contributed by atoms with E-state index in [0.29, 0.717) is 42.4 Å². The Morgan fingerprint density at radius 2 is 1.55 bits per heavy atom. The standard InChI is InChI=1S/C27H48O9S2.2Na/c1-17(2)6-5-7-18(16-35-37(29,30)31)21-10-11-22-20-9-8-19-14-25(36-38(32,33)34)24(28)15-27(19,4)23(20)12-13-26(21,22)3;;/h17-25,28H,5-16H2,1-4H3,(H,29,30,31)(H,32,33,34);;/q;2*+1/p-2/t18?,19?,20?,21-,22?,23?,24?,25?,26-,27+;;/m1../s1. The summed E-state index contributed by atoms with van der Waals surface area (Å²) in [4.78, 5) is 0. The fourth-order valence-electron chi connectivity index (χ4n) is 9.69. The van der Waals surface area contributed by atoms with Crippen LogP contribution in [0.3, 0.4) is 0 Å². The molecule has 222 valence electrons. The van der Waals surface area contributed by atoms with Crippen molar-refractivity contribution in [2.75, 3.05) is 6.61 Å². The third-order valence-corrected chi connectivity index (χ3v) is 12.2. The van der Waals surface area contributed by atoms with Gasteiger partial charge in [-0.1, -0.05) is 40.5 Å². The second-order valence-corrected chi connectivity index (χ2v) is 15.8. The second kappa shape index (κ2) is 14.4. The molecule has 0 spiro atoms. The molecule has 0 aromatic rings. The molecular formula is C27H46Na2O9S2. The van der Waals surface area contributed by atoms with Gasteiger partial charge in [-0.3, -0.25) is 8.37 Å². The largest absolute Gasteiger partial charge is 1.00 e. The van der Waals surface area contributed by atoms with E-state index in [1.165, 1.54) is 0 Å². The van der Waals surface area contributed by atoms with Gasteiger partial charge in [0, 0.05) is 0 Å². The zero-order valence-electron chi connectivity index (χ0n) is 25.2. The number of hydrogen-bond acceptors (Lipinski definition) is 9. The van der Waals surface area contributed by atoms with E-state index in [-0.39, 0.29) is 88.4 Å². The normalized spacial score (nSPS) is 40.2. The van der Waals surface area contributed by atoms with Crippen LogP contribution < -0.4 is 59.1 Å². The van der Waals surface area contributed by atoms with Crippen molar-refractivity contribution >= 4 is 20.8 Å². The van der Waals surface area contributed by atoms with E-state index in [1.54, 1.807) is 0 Å². The summed E-state index contributed by atoms with van der Waals surface area (Å²) in [6.07, 6.45) is 7.74. The monoisotopic (exact) mass is 624 g/mol. The van der Waals surface area contributed by atoms with Gasteiger partial charge in [0.2, 0.25) is 20.8 Å². The van der Waals surface area contributed by atoms with Crippen molar-refractivity contribution in [3.63, 3.8) is 0 Å². The van der Waals surface area contributed by atoms with Gasteiger partial charge in [-0.25, -0.2) is 16.8 Å². The van der Waals surface area contributed by atoms with Crippen LogP contribution in [0.2, 0.25) is 0 Å². The van der Waals surface area contributed by atoms with Crippen LogP contribution in [0.4, 0.5) is 0 Å². The molecule has 4 rings (SSSR count). The SMILES string of the molecule is CC(C)CCCC(COS(=O)(=O)[O-])[C@H]1CCC2C3CCC4CC(OS(=O)(=O)[O-])C(O)C[C@]4(C)C3CC[C@@]21C.[Na+].[Na+]. The molecule has 4 fully saturated rings. The van der Waals surface area contributed by atoms with Crippen molar-refractivity contribution in [2.24, 2.45) is 52.3 Å². The summed E-state index contributed by atoms with van der Waals surface area (Å²) < 4.78 is 77.2. The smallest absolute Gasteiger partial charge is 0.726 e. The Labute approximate surface area is 286 Å². The maximum atomic E-state index is 11.3. The minimum Gasteiger partial charge on any atom is -0.726 e. The third-order valence-electron chi connectivity index (χ3n) is 11.3. The van der Waals surface area contributed by atoms with Gasteiger partial charge in [-0.2, -0.15) is 0 Å². The number of fused-ring (bicyclic) bond motifs is 5. The van der Waals surface area contributed by atoms with E-state index >= 15 is 0 Å². The molecule has 1 N–H and O–H groups in total. The van der Waals surface area contributed by atoms with Crippen LogP contribution in [-0.2, 0) is 29.2 Å². The topological polar surface area (TPSA) is 153 Å². The van der Waals surface area contributed by atoms with Crippen LogP contribution in [0.15, 0.2) is 0 Å². The van der Waals surface area contributed by atoms with E-state index in [1.807, 2.05) is 0 Å². The molecular weight excluding hydrogens is 578 g/mol. The summed E-state index contributed by atoms with van der Waals surface area (Å²) >= 11 is 0. The molecule has 13 heteroatoms. The molecule has 4 aliphatic rings. The average Bonchev–Trinajstić information content (AvgIpc) is 3.12. The molecule has 0 saturated heterocycles. The summed E-state index contributed by atoms with van der Waals surface area (Å²) in [5.41, 5.74) is -0.108. The van der Waals surface area contributed by atoms with Crippen LogP contribution in [0, 0.1) is 52.3 Å². The first-order valence-corrected chi connectivity index (χ1v) is 17.1. The Balaban J connectivity index is 0.00000280. The Kier molecular flexibility index (Phi) is 13.7. The number of rotatable bonds is 10. The predicted molar refractivity (Wildman–Crippen MR) is 139 cm³/mol. The van der Waals surface area contributed by atoms with E-state index < -0.39 is 33.0 Å². The maximum Gasteiger partial charge on any atom is 1.00 e. The molecule has 0 bridgehead atoms. The van der Waals surface area contributed by atoms with Gasteiger partial charge in [-0.15, -0.1) is 0 Å². The van der Waals surface area contributed by atoms with Crippen molar-refractivity contribution in [2.45, 2.75) is 111 Å². The molecule has 0 heterocycles. The summed E-state index contributed by atoms with van der Waals surface area (Å²) in [5.74, 6) is 2.43. The Hall–Kier alpha value is 1.70. The Morgan fingerprint density at radius 1 is 0.900 bits per heavy atom. The molecule has 4 aliphatic carbocycles. The first-order valence-electron chi connectivity index (χ1n) is 14.5. The molecule has 7 unspecified atom stereocenters. The third kappa shape index (κ3) is 8.49. The van der Waals surface area contributed by atoms with Crippen molar-refractivity contribution < 1.29 is 98.5 Å². The molecule has 0 amide bonds. The van der Waals surface area contributed by atoms with Gasteiger partial charge >= 0.3 is 59.1 Å². The van der Waals surface area contributed by atoms with E-state index in [2.05, 4.69) is 27.7 Å². The van der Waals surface area contributed by atoms with E-state index in [4.69, 9.17) is 8.37 Å². The molecule has 10 atom stereocenters. The first-order chi connectivity index (χ1) is 17.5. The average molecular weight is 625 g/mol. The van der Waals surface area contributed by atoms with Crippen LogP contribution in [0.5, 0.6) is 0 Å². The van der Waals surface area contributed by atoms with Gasteiger partial charge < -0.3 is 14.2 Å². The molecule has 0 aliphatic heterocycles. The zero-order valence-corrected chi connectivity index (χ0v) is 30.8. The van der Waals surface area contributed by atoms with Crippen LogP contribution >= 0.6 is 0 Å². The number of aliphatic hydroxyl groups excluding tert-OH is 1. The minimum atomic E-state index is -4.88. The van der Waals surface area contributed by atoms with Gasteiger partial charge in [0.1, 0.15) is 6.10 Å². The van der Waals surface area contributed by atoms with Crippen LogP contribution in [0.1, 0.15) is 98.3 Å². The summed E-state index contributed by atoms with van der Waals surface area (Å²) in [7, 11) is -9.62. The van der Waals surface area contributed by atoms with Crippen molar-refractivity contribution in [1.82, 2.24) is 0 Å². The van der Waals surface area contributed by atoms with Gasteiger partial charge in [0.15, 0.2) is 0 Å². The van der Waals surface area contributed by atoms with Gasteiger partial charge in [0.25, 0.3) is 0 Å². The van der Waals surface area contributed by atoms with E-state index in [9.17, 15) is 31.0 Å².